The third-order valence-corrected chi connectivity index (χ3v) is 6.52. The standard InChI is InChI=1S/C27H30F2N4O2/c28-27(29)35-25-6-2-1-5-22(25)19-32-15-16-34-24-9-8-21(17-23(24)20-32)18-31-11-13-33(14-12-31)26-7-3-4-10-30-26/h1-10,17,27H,11-16,18-20H2. The van der Waals surface area contributed by atoms with E-state index in [1.54, 1.807) is 12.1 Å². The molecule has 0 spiro atoms. The van der Waals surface area contributed by atoms with E-state index in [0.717, 1.165) is 55.4 Å². The molecule has 0 amide bonds. The molecule has 0 unspecified atom stereocenters. The highest BCUT2D eigenvalue weighted by Crippen LogP contribution is 2.28. The topological polar surface area (TPSA) is 41.1 Å². The van der Waals surface area contributed by atoms with E-state index < -0.39 is 6.61 Å². The van der Waals surface area contributed by atoms with Crippen molar-refractivity contribution in [2.75, 3.05) is 44.2 Å². The number of hydrogen-bond acceptors (Lipinski definition) is 6. The van der Waals surface area contributed by atoms with Crippen LogP contribution in [0.15, 0.2) is 66.9 Å². The van der Waals surface area contributed by atoms with E-state index in [9.17, 15) is 8.78 Å². The number of halogens is 2. The monoisotopic (exact) mass is 480 g/mol. The van der Waals surface area contributed by atoms with Crippen LogP contribution in [0.3, 0.4) is 0 Å². The zero-order valence-corrected chi connectivity index (χ0v) is 19.7. The van der Waals surface area contributed by atoms with Crippen LogP contribution in [0.1, 0.15) is 16.7 Å². The summed E-state index contributed by atoms with van der Waals surface area (Å²) in [5.41, 5.74) is 3.12. The number of nitrogens with zero attached hydrogens (tertiary/aromatic N) is 4. The van der Waals surface area contributed by atoms with Gasteiger partial charge in [0.2, 0.25) is 0 Å². The minimum absolute atomic E-state index is 0.228. The van der Waals surface area contributed by atoms with E-state index >= 15 is 0 Å². The van der Waals surface area contributed by atoms with Crippen molar-refractivity contribution < 1.29 is 18.3 Å². The number of benzene rings is 2. The Morgan fingerprint density at radius 2 is 1.71 bits per heavy atom. The van der Waals surface area contributed by atoms with Gasteiger partial charge in [-0.15, -0.1) is 0 Å². The predicted octanol–water partition coefficient (Wildman–Crippen LogP) is 4.40. The van der Waals surface area contributed by atoms with Crippen molar-refractivity contribution >= 4 is 5.82 Å². The molecule has 0 aliphatic carbocycles. The van der Waals surface area contributed by atoms with Crippen molar-refractivity contribution in [1.82, 2.24) is 14.8 Å². The molecular formula is C27H30F2N4O2. The number of piperazine rings is 1. The van der Waals surface area contributed by atoms with Gasteiger partial charge in [-0.25, -0.2) is 4.98 Å². The Balaban J connectivity index is 1.22. The molecule has 2 aromatic carbocycles. The maximum Gasteiger partial charge on any atom is 0.387 e. The fourth-order valence-electron chi connectivity index (χ4n) is 4.76. The van der Waals surface area contributed by atoms with Crippen LogP contribution in [-0.4, -0.2) is 60.7 Å². The first-order chi connectivity index (χ1) is 17.1. The number of fused-ring (bicyclic) bond motifs is 1. The van der Waals surface area contributed by atoms with Gasteiger partial charge >= 0.3 is 6.61 Å². The molecule has 1 fully saturated rings. The summed E-state index contributed by atoms with van der Waals surface area (Å²) in [6, 6.07) is 19.5. The van der Waals surface area contributed by atoms with Gasteiger partial charge in [0.15, 0.2) is 0 Å². The molecule has 8 heteroatoms. The summed E-state index contributed by atoms with van der Waals surface area (Å²) in [6.07, 6.45) is 1.84. The lowest BCUT2D eigenvalue weighted by atomic mass is 10.1. The van der Waals surface area contributed by atoms with Gasteiger partial charge in [-0.1, -0.05) is 30.3 Å². The van der Waals surface area contributed by atoms with Gasteiger partial charge in [0, 0.05) is 69.7 Å². The van der Waals surface area contributed by atoms with E-state index in [2.05, 4.69) is 43.9 Å². The van der Waals surface area contributed by atoms with Crippen LogP contribution < -0.4 is 14.4 Å². The Bertz CT molecular complexity index is 1110. The lowest BCUT2D eigenvalue weighted by Crippen LogP contribution is -2.46. The smallest absolute Gasteiger partial charge is 0.387 e. The zero-order chi connectivity index (χ0) is 24.0. The number of anilines is 1. The van der Waals surface area contributed by atoms with Crippen LogP contribution in [0, 0.1) is 0 Å². The molecule has 0 bridgehead atoms. The van der Waals surface area contributed by atoms with E-state index in [4.69, 9.17) is 9.47 Å². The van der Waals surface area contributed by atoms with Crippen molar-refractivity contribution in [3.8, 4) is 11.5 Å². The third-order valence-electron chi connectivity index (χ3n) is 6.52. The van der Waals surface area contributed by atoms with Crippen LogP contribution >= 0.6 is 0 Å². The van der Waals surface area contributed by atoms with Gasteiger partial charge < -0.3 is 14.4 Å². The Hall–Kier alpha value is -3.23. The van der Waals surface area contributed by atoms with Crippen molar-refractivity contribution in [2.45, 2.75) is 26.2 Å². The molecule has 5 rings (SSSR count). The summed E-state index contributed by atoms with van der Waals surface area (Å²) in [7, 11) is 0. The summed E-state index contributed by atoms with van der Waals surface area (Å²) in [5.74, 6) is 2.16. The number of para-hydroxylation sites is 1. The highest BCUT2D eigenvalue weighted by Gasteiger charge is 2.21. The summed E-state index contributed by atoms with van der Waals surface area (Å²) in [4.78, 5) is 11.5. The molecule has 0 radical (unpaired) electrons. The average molecular weight is 481 g/mol. The minimum atomic E-state index is -2.84. The molecule has 3 heterocycles. The van der Waals surface area contributed by atoms with Crippen LogP contribution in [0.4, 0.5) is 14.6 Å². The summed E-state index contributed by atoms with van der Waals surface area (Å²) >= 11 is 0. The molecule has 2 aliphatic rings. The molecular weight excluding hydrogens is 450 g/mol. The largest absolute Gasteiger partial charge is 0.492 e. The van der Waals surface area contributed by atoms with E-state index in [1.165, 1.54) is 5.56 Å². The van der Waals surface area contributed by atoms with Crippen LogP contribution in [0.2, 0.25) is 0 Å². The number of rotatable bonds is 7. The second-order valence-electron chi connectivity index (χ2n) is 8.94. The van der Waals surface area contributed by atoms with Gasteiger partial charge in [-0.2, -0.15) is 8.78 Å². The van der Waals surface area contributed by atoms with E-state index in [-0.39, 0.29) is 5.75 Å². The molecule has 3 aromatic rings. The second kappa shape index (κ2) is 11.0. The fourth-order valence-corrected chi connectivity index (χ4v) is 4.76. The third kappa shape index (κ3) is 6.07. The SMILES string of the molecule is FC(F)Oc1ccccc1CN1CCOc2ccc(CN3CCN(c4ccccn4)CC3)cc2C1. The van der Waals surface area contributed by atoms with Crippen LogP contribution in [0.5, 0.6) is 11.5 Å². The molecule has 184 valence electrons. The Morgan fingerprint density at radius 3 is 2.51 bits per heavy atom. The lowest BCUT2D eigenvalue weighted by molar-refractivity contribution is -0.0508. The maximum atomic E-state index is 12.8. The lowest BCUT2D eigenvalue weighted by Gasteiger charge is -2.35. The molecule has 1 saturated heterocycles. The molecule has 0 N–H and O–H groups in total. The predicted molar refractivity (Wildman–Crippen MR) is 131 cm³/mol. The Kier molecular flexibility index (Phi) is 7.39. The summed E-state index contributed by atoms with van der Waals surface area (Å²) < 4.78 is 36.4. The first-order valence-electron chi connectivity index (χ1n) is 12.0. The average Bonchev–Trinajstić information content (AvgIpc) is 3.07. The first kappa shape index (κ1) is 23.5. The first-order valence-corrected chi connectivity index (χ1v) is 12.0. The van der Waals surface area contributed by atoms with Crippen LogP contribution in [-0.2, 0) is 19.6 Å². The number of hydrogen-bond donors (Lipinski definition) is 0. The molecule has 2 aliphatic heterocycles. The summed E-state index contributed by atoms with van der Waals surface area (Å²) in [6.45, 7) is 4.41. The molecule has 35 heavy (non-hydrogen) atoms. The number of aromatic nitrogens is 1. The fraction of sp³-hybridized carbons (Fsp3) is 0.370. The number of pyridine rings is 1. The van der Waals surface area contributed by atoms with Crippen molar-refractivity contribution in [1.29, 1.82) is 0 Å². The second-order valence-corrected chi connectivity index (χ2v) is 8.94. The number of alkyl halides is 2. The van der Waals surface area contributed by atoms with Gasteiger partial charge in [0.05, 0.1) is 0 Å². The molecule has 0 atom stereocenters. The quantitative estimate of drug-likeness (QED) is 0.499. The van der Waals surface area contributed by atoms with E-state index in [0.29, 0.717) is 26.2 Å². The van der Waals surface area contributed by atoms with Gasteiger partial charge in [0.25, 0.3) is 0 Å². The van der Waals surface area contributed by atoms with Crippen molar-refractivity contribution in [3.05, 3.63) is 83.6 Å². The van der Waals surface area contributed by atoms with Gasteiger partial charge in [0.1, 0.15) is 23.9 Å². The van der Waals surface area contributed by atoms with Gasteiger partial charge in [-0.3, -0.25) is 9.80 Å². The van der Waals surface area contributed by atoms with Crippen LogP contribution in [0.25, 0.3) is 0 Å². The molecule has 6 nitrogen and oxygen atoms in total. The van der Waals surface area contributed by atoms with Crippen molar-refractivity contribution in [2.24, 2.45) is 0 Å². The molecule has 1 aromatic heterocycles. The minimum Gasteiger partial charge on any atom is -0.492 e. The Morgan fingerprint density at radius 1 is 0.886 bits per heavy atom. The van der Waals surface area contributed by atoms with Crippen molar-refractivity contribution in [3.63, 3.8) is 0 Å². The van der Waals surface area contributed by atoms with Gasteiger partial charge in [-0.05, 0) is 35.9 Å². The maximum absolute atomic E-state index is 12.8. The summed E-state index contributed by atoms with van der Waals surface area (Å²) in [5, 5.41) is 0. The van der Waals surface area contributed by atoms with E-state index in [1.807, 2.05) is 30.5 Å². The Labute approximate surface area is 204 Å². The number of ether oxygens (including phenoxy) is 2. The highest BCUT2D eigenvalue weighted by atomic mass is 19.3. The molecule has 0 saturated carbocycles. The normalized spacial score (nSPS) is 17.1. The zero-order valence-electron chi connectivity index (χ0n) is 19.7. The highest BCUT2D eigenvalue weighted by molar-refractivity contribution is 5.40.